The highest BCUT2D eigenvalue weighted by Crippen LogP contribution is 2.32. The van der Waals surface area contributed by atoms with Crippen LogP contribution in [-0.2, 0) is 9.47 Å². The maximum absolute atomic E-state index is 13.4. The molecule has 0 amide bonds. The molecule has 4 aromatic rings. The van der Waals surface area contributed by atoms with Crippen LogP contribution in [0.5, 0.6) is 5.75 Å². The first-order valence-electron chi connectivity index (χ1n) is 11.8. The number of carbonyl (C=O) groups excluding carboxylic acids is 2. The molecule has 0 aliphatic rings. The number of hydrogen-bond donors (Lipinski definition) is 1. The number of rotatable bonds is 4. The first-order chi connectivity index (χ1) is 17.3. The minimum atomic E-state index is -0.725. The van der Waals surface area contributed by atoms with E-state index in [2.05, 4.69) is 15.4 Å². The monoisotopic (exact) mass is 505 g/mol. The van der Waals surface area contributed by atoms with Gasteiger partial charge in [0.2, 0.25) is 0 Å². The van der Waals surface area contributed by atoms with Crippen LogP contribution in [-0.4, -0.2) is 49.8 Å². The van der Waals surface area contributed by atoms with Crippen LogP contribution in [0.4, 0.5) is 21.1 Å². The van der Waals surface area contributed by atoms with Crippen LogP contribution in [0, 0.1) is 0 Å². The van der Waals surface area contributed by atoms with Crippen molar-refractivity contribution < 1.29 is 23.8 Å². The largest absolute Gasteiger partial charge is 0.495 e. The quantitative estimate of drug-likeness (QED) is 0.348. The number of methoxy groups -OCH3 is 1. The number of fused-ring (bicyclic) bond motifs is 1. The normalized spacial score (nSPS) is 11.9. The molecule has 194 valence electrons. The van der Waals surface area contributed by atoms with E-state index in [0.717, 1.165) is 10.4 Å². The lowest BCUT2D eigenvalue weighted by molar-refractivity contribution is 0.0512. The fraction of sp³-hybridized carbons (Fsp3) is 0.333. The molecule has 0 bridgehead atoms. The summed E-state index contributed by atoms with van der Waals surface area (Å²) in [5.74, 6) is 1.16. The Morgan fingerprint density at radius 3 is 2.27 bits per heavy atom. The molecule has 0 fully saturated rings. The summed E-state index contributed by atoms with van der Waals surface area (Å²) in [4.78, 5) is 30.4. The van der Waals surface area contributed by atoms with Crippen LogP contribution in [0.2, 0.25) is 0 Å². The first-order valence-corrected chi connectivity index (χ1v) is 11.8. The number of pyridine rings is 1. The minimum Gasteiger partial charge on any atom is -0.495 e. The molecule has 0 aliphatic carbocycles. The number of nitrogens with zero attached hydrogens (tertiary/aromatic N) is 4. The van der Waals surface area contributed by atoms with E-state index >= 15 is 0 Å². The fourth-order valence-corrected chi connectivity index (χ4v) is 3.64. The summed E-state index contributed by atoms with van der Waals surface area (Å²) < 4.78 is 19.1. The van der Waals surface area contributed by atoms with Crippen molar-refractivity contribution in [3.63, 3.8) is 0 Å². The third-order valence-electron chi connectivity index (χ3n) is 5.09. The van der Waals surface area contributed by atoms with Gasteiger partial charge in [-0.2, -0.15) is 9.78 Å². The molecule has 4 rings (SSSR count). The summed E-state index contributed by atoms with van der Waals surface area (Å²) in [7, 11) is 1.59. The molecular formula is C27H31N5O5. The van der Waals surface area contributed by atoms with Gasteiger partial charge in [-0.3, -0.25) is 0 Å². The van der Waals surface area contributed by atoms with E-state index in [-0.39, 0.29) is 0 Å². The molecule has 0 aliphatic heterocycles. The molecule has 10 nitrogen and oxygen atoms in total. The van der Waals surface area contributed by atoms with E-state index in [0.29, 0.717) is 33.7 Å². The van der Waals surface area contributed by atoms with Crippen LogP contribution in [0.1, 0.15) is 41.5 Å². The number of aromatic nitrogens is 4. The van der Waals surface area contributed by atoms with Gasteiger partial charge in [0.1, 0.15) is 22.8 Å². The Kier molecular flexibility index (Phi) is 6.68. The lowest BCUT2D eigenvalue weighted by atomic mass is 10.2. The molecule has 3 aromatic heterocycles. The van der Waals surface area contributed by atoms with E-state index in [9.17, 15) is 9.59 Å². The standard InChI is InChI=1S/C27H31N5O5/c1-26(2,3)36-24(33)31-16-18(15-29-31)20-12-17-14-28-23(30-19-10-8-9-11-22(19)35-7)13-21(17)32(20)25(34)37-27(4,5)6/h8-16H,1-7H3,(H,28,30). The van der Waals surface area contributed by atoms with Crippen LogP contribution >= 0.6 is 0 Å². The summed E-state index contributed by atoms with van der Waals surface area (Å²) in [6.07, 6.45) is 3.49. The van der Waals surface area contributed by atoms with Crippen molar-refractivity contribution in [2.24, 2.45) is 0 Å². The van der Waals surface area contributed by atoms with Crippen LogP contribution < -0.4 is 10.1 Å². The lowest BCUT2D eigenvalue weighted by Crippen LogP contribution is -2.27. The molecular weight excluding hydrogens is 474 g/mol. The van der Waals surface area contributed by atoms with Gasteiger partial charge >= 0.3 is 12.2 Å². The van der Waals surface area contributed by atoms with Gasteiger partial charge < -0.3 is 19.5 Å². The van der Waals surface area contributed by atoms with E-state index in [1.54, 1.807) is 67.0 Å². The van der Waals surface area contributed by atoms with Crippen molar-refractivity contribution in [2.45, 2.75) is 52.7 Å². The first kappa shape index (κ1) is 25.7. The van der Waals surface area contributed by atoms with E-state index < -0.39 is 23.4 Å². The van der Waals surface area contributed by atoms with E-state index in [1.165, 1.54) is 17.0 Å². The zero-order chi connectivity index (χ0) is 27.0. The van der Waals surface area contributed by atoms with Gasteiger partial charge in [0.25, 0.3) is 0 Å². The Morgan fingerprint density at radius 1 is 0.919 bits per heavy atom. The summed E-state index contributed by atoms with van der Waals surface area (Å²) in [5, 5.41) is 8.09. The molecule has 37 heavy (non-hydrogen) atoms. The van der Waals surface area contributed by atoms with Gasteiger partial charge in [0, 0.05) is 29.4 Å². The van der Waals surface area contributed by atoms with Gasteiger partial charge in [-0.1, -0.05) is 12.1 Å². The average molecular weight is 506 g/mol. The Morgan fingerprint density at radius 2 is 1.59 bits per heavy atom. The Bertz CT molecular complexity index is 1460. The Hall–Kier alpha value is -4.34. The predicted octanol–water partition coefficient (Wildman–Crippen LogP) is 6.22. The van der Waals surface area contributed by atoms with E-state index in [1.807, 2.05) is 24.3 Å². The molecule has 0 saturated carbocycles. The summed E-state index contributed by atoms with van der Waals surface area (Å²) in [6, 6.07) is 11.0. The Balaban J connectivity index is 1.79. The molecule has 0 spiro atoms. The molecule has 0 radical (unpaired) electrons. The second-order valence-electron chi connectivity index (χ2n) is 10.5. The maximum Gasteiger partial charge on any atom is 0.435 e. The highest BCUT2D eigenvalue weighted by atomic mass is 16.6. The molecule has 0 saturated heterocycles. The van der Waals surface area contributed by atoms with Crippen molar-refractivity contribution >= 4 is 34.6 Å². The van der Waals surface area contributed by atoms with Gasteiger partial charge in [0.15, 0.2) is 0 Å². The predicted molar refractivity (Wildman–Crippen MR) is 140 cm³/mol. The number of hydrogen-bond acceptors (Lipinski definition) is 8. The number of ether oxygens (including phenoxy) is 3. The van der Waals surface area contributed by atoms with Gasteiger partial charge in [0.05, 0.1) is 30.2 Å². The summed E-state index contributed by atoms with van der Waals surface area (Å²) >= 11 is 0. The number of anilines is 2. The van der Waals surface area contributed by atoms with Gasteiger partial charge in [-0.25, -0.2) is 19.1 Å². The number of benzene rings is 1. The van der Waals surface area contributed by atoms with Crippen LogP contribution in [0.15, 0.2) is 55.0 Å². The van der Waals surface area contributed by atoms with Gasteiger partial charge in [-0.05, 0) is 59.7 Å². The fourth-order valence-electron chi connectivity index (χ4n) is 3.64. The average Bonchev–Trinajstić information content (AvgIpc) is 3.42. The zero-order valence-corrected chi connectivity index (χ0v) is 22.0. The molecule has 1 N–H and O–H groups in total. The smallest absolute Gasteiger partial charge is 0.435 e. The topological polar surface area (TPSA) is 109 Å². The number of para-hydroxylation sites is 2. The Labute approximate surface area is 215 Å². The SMILES string of the molecule is COc1ccccc1Nc1cc2c(cn1)cc(-c1cnn(C(=O)OC(C)(C)C)c1)n2C(=O)OC(C)(C)C. The second-order valence-corrected chi connectivity index (χ2v) is 10.5. The van der Waals surface area contributed by atoms with Crippen molar-refractivity contribution in [1.29, 1.82) is 0 Å². The van der Waals surface area contributed by atoms with E-state index in [4.69, 9.17) is 14.2 Å². The van der Waals surface area contributed by atoms with Crippen LogP contribution in [0.25, 0.3) is 22.2 Å². The third-order valence-corrected chi connectivity index (χ3v) is 5.09. The zero-order valence-electron chi connectivity index (χ0n) is 22.0. The van der Waals surface area contributed by atoms with Crippen molar-refractivity contribution in [2.75, 3.05) is 12.4 Å². The maximum atomic E-state index is 13.4. The number of carbonyl (C=O) groups is 2. The lowest BCUT2D eigenvalue weighted by Gasteiger charge is -2.21. The number of nitrogens with one attached hydrogen (secondary N) is 1. The van der Waals surface area contributed by atoms with Crippen LogP contribution in [0.3, 0.4) is 0 Å². The van der Waals surface area contributed by atoms with Crippen molar-refractivity contribution in [3.8, 4) is 17.0 Å². The molecule has 0 unspecified atom stereocenters. The minimum absolute atomic E-state index is 0.496. The van der Waals surface area contributed by atoms with Crippen molar-refractivity contribution in [1.82, 2.24) is 19.3 Å². The van der Waals surface area contributed by atoms with Gasteiger partial charge in [-0.15, -0.1) is 0 Å². The highest BCUT2D eigenvalue weighted by Gasteiger charge is 2.25. The molecule has 3 heterocycles. The molecule has 10 heteroatoms. The summed E-state index contributed by atoms with van der Waals surface area (Å²) in [6.45, 7) is 10.7. The van der Waals surface area contributed by atoms with Crippen molar-refractivity contribution in [3.05, 3.63) is 55.0 Å². The second kappa shape index (κ2) is 9.61. The molecule has 0 atom stereocenters. The summed E-state index contributed by atoms with van der Waals surface area (Å²) in [5.41, 5.74) is 0.928. The highest BCUT2D eigenvalue weighted by molar-refractivity contribution is 5.97. The molecule has 1 aromatic carbocycles. The third kappa shape index (κ3) is 5.91.